The number of hydrogen-bond donors (Lipinski definition) is 0. The summed E-state index contributed by atoms with van der Waals surface area (Å²) in [6.45, 7) is 7.99. The van der Waals surface area contributed by atoms with Crippen molar-refractivity contribution in [1.82, 2.24) is 9.96 Å². The van der Waals surface area contributed by atoms with E-state index in [1.54, 1.807) is 0 Å². The topological polar surface area (TPSA) is 29.5 Å². The lowest BCUT2D eigenvalue weighted by molar-refractivity contribution is 0.0747. The zero-order valence-electron chi connectivity index (χ0n) is 11.3. The van der Waals surface area contributed by atoms with Crippen molar-refractivity contribution >= 4 is 0 Å². The maximum absolute atomic E-state index is 12.4. The summed E-state index contributed by atoms with van der Waals surface area (Å²) in [5.74, 6) is 0. The third-order valence-corrected chi connectivity index (χ3v) is 4.06. The Labute approximate surface area is 104 Å². The van der Waals surface area contributed by atoms with Crippen LogP contribution in [0.2, 0.25) is 0 Å². The normalized spacial score (nSPS) is 28.5. The Bertz CT molecular complexity index is 400. The second kappa shape index (κ2) is 3.80. The van der Waals surface area contributed by atoms with Gasteiger partial charge in [0.2, 0.25) is 0 Å². The summed E-state index contributed by atoms with van der Waals surface area (Å²) >= 11 is 0. The molecule has 0 bridgehead atoms. The third kappa shape index (κ3) is 1.69. The fourth-order valence-corrected chi connectivity index (χ4v) is 3.02. The molecule has 1 aliphatic heterocycles. The molecule has 1 heterocycles. The van der Waals surface area contributed by atoms with Crippen LogP contribution >= 0.6 is 0 Å². The van der Waals surface area contributed by atoms with Crippen molar-refractivity contribution in [3.63, 3.8) is 0 Å². The van der Waals surface area contributed by atoms with Gasteiger partial charge in [-0.15, -0.1) is 0 Å². The molecule has 0 aromatic heterocycles. The molecule has 1 atom stereocenters. The van der Waals surface area contributed by atoms with Gasteiger partial charge in [0.25, 0.3) is 0 Å². The molecule has 0 amide bonds. The standard InChI is InChI=1S/C14H21N2O/c1-13(2)12(11-9-7-6-8-10-11)15(5)14(3,4)16(13)17/h6-10,12H,1-5H3/q-1. The van der Waals surface area contributed by atoms with Gasteiger partial charge in [0.05, 0.1) is 11.7 Å². The SMILES string of the molecule is CN1C(c2ccccc2)C(C)(C)N([O-])C1(C)C. The van der Waals surface area contributed by atoms with Crippen LogP contribution < -0.4 is 0 Å². The highest BCUT2D eigenvalue weighted by Crippen LogP contribution is 2.48. The van der Waals surface area contributed by atoms with Crippen LogP contribution in [-0.2, 0) is 0 Å². The predicted molar refractivity (Wildman–Crippen MR) is 70.3 cm³/mol. The van der Waals surface area contributed by atoms with E-state index in [1.165, 1.54) is 10.6 Å². The van der Waals surface area contributed by atoms with Crippen LogP contribution in [0.4, 0.5) is 0 Å². The Morgan fingerprint density at radius 3 is 2.00 bits per heavy atom. The van der Waals surface area contributed by atoms with Gasteiger partial charge in [0.15, 0.2) is 0 Å². The Morgan fingerprint density at radius 1 is 1.06 bits per heavy atom. The molecular formula is C14H21N2O-. The summed E-state index contributed by atoms with van der Waals surface area (Å²) in [4.78, 5) is 2.16. The highest BCUT2D eigenvalue weighted by atomic mass is 16.5. The van der Waals surface area contributed by atoms with Gasteiger partial charge in [-0.25, -0.2) is 0 Å². The molecule has 1 aromatic rings. The molecule has 94 valence electrons. The molecule has 1 unspecified atom stereocenters. The molecule has 0 radical (unpaired) electrons. The van der Waals surface area contributed by atoms with Gasteiger partial charge >= 0.3 is 0 Å². The fourth-order valence-electron chi connectivity index (χ4n) is 3.02. The highest BCUT2D eigenvalue weighted by Gasteiger charge is 2.50. The summed E-state index contributed by atoms with van der Waals surface area (Å²) in [6.07, 6.45) is 0. The summed E-state index contributed by atoms with van der Waals surface area (Å²) in [7, 11) is 2.03. The summed E-state index contributed by atoms with van der Waals surface area (Å²) in [5, 5.41) is 13.6. The smallest absolute Gasteiger partial charge is 0.0573 e. The molecule has 17 heavy (non-hydrogen) atoms. The molecule has 3 nitrogen and oxygen atoms in total. The summed E-state index contributed by atoms with van der Waals surface area (Å²) in [5.41, 5.74) is 0.315. The fraction of sp³-hybridized carbons (Fsp3) is 0.571. The summed E-state index contributed by atoms with van der Waals surface area (Å²) < 4.78 is 0. The molecule has 0 N–H and O–H groups in total. The van der Waals surface area contributed by atoms with Crippen LogP contribution in [0.25, 0.3) is 0 Å². The van der Waals surface area contributed by atoms with Crippen molar-refractivity contribution in [1.29, 1.82) is 0 Å². The lowest BCUT2D eigenvalue weighted by Gasteiger charge is -2.46. The molecular weight excluding hydrogens is 212 g/mol. The number of hydroxylamine groups is 2. The number of rotatable bonds is 1. The monoisotopic (exact) mass is 233 g/mol. The largest absolute Gasteiger partial charge is 0.783 e. The minimum Gasteiger partial charge on any atom is -0.783 e. The van der Waals surface area contributed by atoms with E-state index in [-0.39, 0.29) is 6.04 Å². The van der Waals surface area contributed by atoms with E-state index in [4.69, 9.17) is 0 Å². The lowest BCUT2D eigenvalue weighted by Crippen LogP contribution is -2.47. The average molecular weight is 233 g/mol. The molecule has 1 fully saturated rings. The highest BCUT2D eigenvalue weighted by molar-refractivity contribution is 5.26. The Kier molecular flexibility index (Phi) is 2.81. The number of nitrogens with zero attached hydrogens (tertiary/aromatic N) is 2. The van der Waals surface area contributed by atoms with E-state index < -0.39 is 11.2 Å². The zero-order valence-corrected chi connectivity index (χ0v) is 11.3. The van der Waals surface area contributed by atoms with Gasteiger partial charge in [-0.3, -0.25) is 4.90 Å². The van der Waals surface area contributed by atoms with Crippen molar-refractivity contribution in [3.05, 3.63) is 41.1 Å². The molecule has 3 heteroatoms. The van der Waals surface area contributed by atoms with Gasteiger partial charge in [0, 0.05) is 5.54 Å². The van der Waals surface area contributed by atoms with E-state index >= 15 is 0 Å². The van der Waals surface area contributed by atoms with Gasteiger partial charge in [-0.1, -0.05) is 30.3 Å². The first-order chi connectivity index (χ1) is 7.79. The van der Waals surface area contributed by atoms with E-state index in [1.807, 2.05) is 52.9 Å². The maximum atomic E-state index is 12.4. The van der Waals surface area contributed by atoms with Crippen molar-refractivity contribution in [2.45, 2.75) is 44.9 Å². The molecule has 1 aliphatic rings. The van der Waals surface area contributed by atoms with Gasteiger partial charge in [-0.05, 0) is 40.3 Å². The first kappa shape index (κ1) is 12.6. The first-order valence-electron chi connectivity index (χ1n) is 6.05. The van der Waals surface area contributed by atoms with E-state index in [2.05, 4.69) is 17.0 Å². The van der Waals surface area contributed by atoms with Gasteiger partial charge in [0.1, 0.15) is 0 Å². The second-order valence-electron chi connectivity index (χ2n) is 5.87. The lowest BCUT2D eigenvalue weighted by atomic mass is 9.89. The van der Waals surface area contributed by atoms with Crippen LogP contribution in [0.3, 0.4) is 0 Å². The van der Waals surface area contributed by atoms with Crippen LogP contribution in [-0.4, -0.2) is 28.2 Å². The molecule has 2 rings (SSSR count). The Morgan fingerprint density at radius 2 is 1.59 bits per heavy atom. The van der Waals surface area contributed by atoms with Crippen LogP contribution in [0.1, 0.15) is 39.3 Å². The van der Waals surface area contributed by atoms with Crippen molar-refractivity contribution in [3.8, 4) is 0 Å². The van der Waals surface area contributed by atoms with E-state index in [0.717, 1.165) is 0 Å². The van der Waals surface area contributed by atoms with Crippen molar-refractivity contribution in [2.75, 3.05) is 7.05 Å². The molecule has 1 saturated heterocycles. The molecule has 0 aliphatic carbocycles. The van der Waals surface area contributed by atoms with E-state index in [9.17, 15) is 5.21 Å². The molecule has 0 saturated carbocycles. The van der Waals surface area contributed by atoms with Gasteiger partial charge in [-0.2, -0.15) is 0 Å². The zero-order chi connectivity index (χ0) is 12.8. The Balaban J connectivity index is 2.48. The maximum Gasteiger partial charge on any atom is 0.0573 e. The quantitative estimate of drug-likeness (QED) is 0.747. The predicted octanol–water partition coefficient (Wildman–Crippen LogP) is 2.99. The average Bonchev–Trinajstić information content (AvgIpc) is 2.39. The molecule has 0 spiro atoms. The van der Waals surface area contributed by atoms with Gasteiger partial charge < -0.3 is 10.3 Å². The second-order valence-corrected chi connectivity index (χ2v) is 5.87. The molecule has 1 aromatic carbocycles. The summed E-state index contributed by atoms with van der Waals surface area (Å²) in [6, 6.07) is 10.4. The first-order valence-corrected chi connectivity index (χ1v) is 6.05. The number of likely N-dealkylation sites (N-methyl/N-ethyl adjacent to an activating group) is 1. The van der Waals surface area contributed by atoms with Crippen LogP contribution in [0.15, 0.2) is 30.3 Å². The van der Waals surface area contributed by atoms with Crippen LogP contribution in [0, 0.1) is 5.21 Å². The Hall–Kier alpha value is -0.900. The van der Waals surface area contributed by atoms with Crippen molar-refractivity contribution < 1.29 is 0 Å². The minimum absolute atomic E-state index is 0.121. The number of hydrogen-bond acceptors (Lipinski definition) is 3. The minimum atomic E-state index is -0.468. The van der Waals surface area contributed by atoms with Crippen LogP contribution in [0.5, 0.6) is 0 Å². The third-order valence-electron chi connectivity index (χ3n) is 4.06. The van der Waals surface area contributed by atoms with E-state index in [0.29, 0.717) is 0 Å². The van der Waals surface area contributed by atoms with Crippen molar-refractivity contribution in [2.24, 2.45) is 0 Å². The number of benzene rings is 1.